The number of benzene rings is 2. The number of aromatic nitrogens is 1. The molecule has 0 saturated carbocycles. The molecule has 1 aliphatic rings. The summed E-state index contributed by atoms with van der Waals surface area (Å²) < 4.78 is 2.42. The number of piperazine rings is 1. The second-order valence-electron chi connectivity index (χ2n) is 6.79. The quantitative estimate of drug-likeness (QED) is 0.515. The molecule has 3 heterocycles. The number of hydrogen-bond acceptors (Lipinski definition) is 5. The van der Waals surface area contributed by atoms with Crippen molar-refractivity contribution in [1.82, 2.24) is 14.8 Å². The Hall–Kier alpha value is -2.28. The first-order valence-electron chi connectivity index (χ1n) is 9.11. The molecule has 1 saturated heterocycles. The van der Waals surface area contributed by atoms with Crippen molar-refractivity contribution < 1.29 is 4.79 Å². The number of hydrogen-bond donors (Lipinski definition) is 0. The lowest BCUT2D eigenvalue weighted by molar-refractivity contribution is 0.0633. The summed E-state index contributed by atoms with van der Waals surface area (Å²) in [6.45, 7) is 4.21. The molecule has 5 rings (SSSR count). The predicted molar refractivity (Wildman–Crippen MR) is 113 cm³/mol. The van der Waals surface area contributed by atoms with Gasteiger partial charge in [0, 0.05) is 30.9 Å². The summed E-state index contributed by atoms with van der Waals surface area (Å²) in [5.41, 5.74) is 1.08. The van der Waals surface area contributed by atoms with Crippen molar-refractivity contribution in [3.8, 4) is 0 Å². The van der Waals surface area contributed by atoms with E-state index in [0.717, 1.165) is 53.5 Å². The summed E-state index contributed by atoms with van der Waals surface area (Å²) >= 11 is 3.36. The fourth-order valence-electron chi connectivity index (χ4n) is 3.53. The second-order valence-corrected chi connectivity index (χ2v) is 8.99. The molecule has 1 fully saturated rings. The number of amides is 1. The van der Waals surface area contributed by atoms with Crippen molar-refractivity contribution in [1.29, 1.82) is 0 Å². The van der Waals surface area contributed by atoms with Gasteiger partial charge in [0.15, 0.2) is 0 Å². The van der Waals surface area contributed by atoms with Gasteiger partial charge in [0.25, 0.3) is 5.91 Å². The maximum absolute atomic E-state index is 12.9. The number of fused-ring (bicyclic) bond motifs is 2. The van der Waals surface area contributed by atoms with Gasteiger partial charge in [0.1, 0.15) is 5.01 Å². The van der Waals surface area contributed by atoms with E-state index < -0.39 is 0 Å². The molecule has 0 bridgehead atoms. The van der Waals surface area contributed by atoms with Gasteiger partial charge in [0.05, 0.1) is 21.6 Å². The van der Waals surface area contributed by atoms with Gasteiger partial charge in [-0.05, 0) is 29.7 Å². The van der Waals surface area contributed by atoms with Gasteiger partial charge in [-0.2, -0.15) is 0 Å². The van der Waals surface area contributed by atoms with Gasteiger partial charge >= 0.3 is 0 Å². The Morgan fingerprint density at radius 1 is 0.926 bits per heavy atom. The lowest BCUT2D eigenvalue weighted by Crippen LogP contribution is -2.48. The highest BCUT2D eigenvalue weighted by Crippen LogP contribution is 2.27. The van der Waals surface area contributed by atoms with Gasteiger partial charge in [-0.15, -0.1) is 22.7 Å². The zero-order valence-electron chi connectivity index (χ0n) is 14.8. The van der Waals surface area contributed by atoms with Crippen molar-refractivity contribution in [2.75, 3.05) is 26.2 Å². The van der Waals surface area contributed by atoms with Gasteiger partial charge in [-0.1, -0.05) is 30.3 Å². The monoisotopic (exact) mass is 393 g/mol. The minimum absolute atomic E-state index is 0.163. The van der Waals surface area contributed by atoms with Crippen LogP contribution in [0.25, 0.3) is 20.3 Å². The van der Waals surface area contributed by atoms with Crippen molar-refractivity contribution in [2.24, 2.45) is 0 Å². The molecule has 0 N–H and O–H groups in total. The maximum Gasteiger partial charge on any atom is 0.264 e. The second kappa shape index (κ2) is 7.03. The molecule has 2 aromatic heterocycles. The molecule has 0 unspecified atom stereocenters. The number of carbonyl (C=O) groups is 1. The Bertz CT molecular complexity index is 1040. The average Bonchev–Trinajstić information content (AvgIpc) is 3.31. The van der Waals surface area contributed by atoms with Crippen molar-refractivity contribution in [3.05, 3.63) is 64.5 Å². The van der Waals surface area contributed by atoms with Crippen molar-refractivity contribution in [3.63, 3.8) is 0 Å². The molecule has 0 spiro atoms. The smallest absolute Gasteiger partial charge is 0.264 e. The van der Waals surface area contributed by atoms with E-state index in [1.54, 1.807) is 22.7 Å². The Kier molecular flexibility index (Phi) is 4.39. The number of para-hydroxylation sites is 1. The number of thiophene rings is 1. The topological polar surface area (TPSA) is 36.4 Å². The van der Waals surface area contributed by atoms with Gasteiger partial charge in [0.2, 0.25) is 0 Å². The van der Waals surface area contributed by atoms with Crippen LogP contribution in [0.2, 0.25) is 0 Å². The Morgan fingerprint density at radius 2 is 1.67 bits per heavy atom. The Morgan fingerprint density at radius 3 is 2.44 bits per heavy atom. The number of thiazole rings is 1. The van der Waals surface area contributed by atoms with E-state index in [0.29, 0.717) is 0 Å². The summed E-state index contributed by atoms with van der Waals surface area (Å²) in [6.07, 6.45) is 0. The third kappa shape index (κ3) is 3.36. The van der Waals surface area contributed by atoms with Crippen LogP contribution in [0, 0.1) is 0 Å². The van der Waals surface area contributed by atoms with Gasteiger partial charge in [-0.25, -0.2) is 4.98 Å². The van der Waals surface area contributed by atoms with E-state index >= 15 is 0 Å². The summed E-state index contributed by atoms with van der Waals surface area (Å²) in [7, 11) is 0. The molecular weight excluding hydrogens is 374 g/mol. The van der Waals surface area contributed by atoms with E-state index in [1.807, 2.05) is 29.2 Å². The molecule has 1 aliphatic heterocycles. The molecule has 136 valence electrons. The highest BCUT2D eigenvalue weighted by molar-refractivity contribution is 7.20. The summed E-state index contributed by atoms with van der Waals surface area (Å²) in [5.74, 6) is 0.163. The van der Waals surface area contributed by atoms with Crippen LogP contribution >= 0.6 is 22.7 Å². The highest BCUT2D eigenvalue weighted by atomic mass is 32.1. The van der Waals surface area contributed by atoms with Gasteiger partial charge in [-0.3, -0.25) is 9.69 Å². The van der Waals surface area contributed by atoms with E-state index in [1.165, 1.54) is 9.40 Å². The fourth-order valence-corrected chi connectivity index (χ4v) is 5.57. The molecule has 1 amide bonds. The molecule has 4 nitrogen and oxygen atoms in total. The van der Waals surface area contributed by atoms with Crippen LogP contribution in [0.5, 0.6) is 0 Å². The van der Waals surface area contributed by atoms with E-state index in [2.05, 4.69) is 35.2 Å². The lowest BCUT2D eigenvalue weighted by Gasteiger charge is -2.34. The Balaban J connectivity index is 1.23. The molecule has 4 aromatic rings. The minimum atomic E-state index is 0.163. The zero-order valence-corrected chi connectivity index (χ0v) is 16.4. The van der Waals surface area contributed by atoms with Gasteiger partial charge < -0.3 is 4.90 Å². The SMILES string of the molecule is O=C(c1cc2ccccc2s1)N1CCN(Cc2nc3ccccc3s2)CC1. The lowest BCUT2D eigenvalue weighted by atomic mass is 10.2. The minimum Gasteiger partial charge on any atom is -0.335 e. The van der Waals surface area contributed by atoms with E-state index in [-0.39, 0.29) is 5.91 Å². The van der Waals surface area contributed by atoms with Crippen LogP contribution in [0.15, 0.2) is 54.6 Å². The van der Waals surface area contributed by atoms with Crippen LogP contribution < -0.4 is 0 Å². The van der Waals surface area contributed by atoms with Crippen LogP contribution in [0.3, 0.4) is 0 Å². The first-order valence-corrected chi connectivity index (χ1v) is 10.7. The van der Waals surface area contributed by atoms with Crippen molar-refractivity contribution in [2.45, 2.75) is 6.54 Å². The largest absolute Gasteiger partial charge is 0.335 e. The highest BCUT2D eigenvalue weighted by Gasteiger charge is 2.24. The molecule has 0 atom stereocenters. The molecular formula is C21H19N3OS2. The standard InChI is InChI=1S/C21H19N3OS2/c25-21(19-13-15-5-1-3-7-17(15)26-19)24-11-9-23(10-12-24)14-20-22-16-6-2-4-8-18(16)27-20/h1-8,13H,9-12,14H2. The van der Waals surface area contributed by atoms with Crippen LogP contribution in [0.4, 0.5) is 0 Å². The Labute approximate surface area is 165 Å². The predicted octanol–water partition coefficient (Wildman–Crippen LogP) is 4.47. The third-order valence-corrected chi connectivity index (χ3v) is 7.12. The molecule has 27 heavy (non-hydrogen) atoms. The average molecular weight is 394 g/mol. The summed E-state index contributed by atoms with van der Waals surface area (Å²) in [6, 6.07) is 18.5. The first-order chi connectivity index (χ1) is 13.3. The van der Waals surface area contributed by atoms with E-state index in [9.17, 15) is 4.79 Å². The summed E-state index contributed by atoms with van der Waals surface area (Å²) in [4.78, 5) is 22.8. The first kappa shape index (κ1) is 16.9. The normalized spacial score (nSPS) is 15.6. The number of nitrogens with zero attached hydrogens (tertiary/aromatic N) is 3. The van der Waals surface area contributed by atoms with Crippen LogP contribution in [-0.4, -0.2) is 46.9 Å². The summed E-state index contributed by atoms with van der Waals surface area (Å²) in [5, 5.41) is 2.31. The maximum atomic E-state index is 12.9. The molecule has 2 aromatic carbocycles. The molecule has 6 heteroatoms. The van der Waals surface area contributed by atoms with Crippen LogP contribution in [-0.2, 0) is 6.54 Å². The molecule has 0 aliphatic carbocycles. The fraction of sp³-hybridized carbons (Fsp3) is 0.238. The van der Waals surface area contributed by atoms with E-state index in [4.69, 9.17) is 4.98 Å². The molecule has 0 radical (unpaired) electrons. The zero-order chi connectivity index (χ0) is 18.2. The third-order valence-electron chi connectivity index (χ3n) is 4.99. The number of rotatable bonds is 3. The number of carbonyl (C=O) groups excluding carboxylic acids is 1. The van der Waals surface area contributed by atoms with Crippen LogP contribution in [0.1, 0.15) is 14.7 Å². The van der Waals surface area contributed by atoms with Crippen molar-refractivity contribution >= 4 is 48.9 Å².